The van der Waals surface area contributed by atoms with E-state index in [9.17, 15) is 0 Å². The molecule has 0 unspecified atom stereocenters. The van der Waals surface area contributed by atoms with E-state index in [0.717, 1.165) is 43.5 Å². The average Bonchev–Trinajstić information content (AvgIpc) is 2.38. The molecule has 1 rings (SSSR count). The van der Waals surface area contributed by atoms with Crippen LogP contribution in [-0.4, -0.2) is 36.8 Å². The summed E-state index contributed by atoms with van der Waals surface area (Å²) < 4.78 is 5.53. The Balaban J connectivity index is 2.45. The number of nitrogens with zero attached hydrogens (tertiary/aromatic N) is 2. The van der Waals surface area contributed by atoms with Crippen LogP contribution in [0, 0.1) is 5.92 Å². The number of aromatic nitrogens is 2. The molecule has 0 spiro atoms. The molecule has 0 saturated carbocycles. The first kappa shape index (κ1) is 15.7. The van der Waals surface area contributed by atoms with Crippen LogP contribution in [0.4, 0.5) is 11.6 Å². The number of aryl methyl sites for hydroxylation is 1. The Morgan fingerprint density at radius 2 is 2.00 bits per heavy atom. The summed E-state index contributed by atoms with van der Waals surface area (Å²) in [6.07, 6.45) is 1.94. The monoisotopic (exact) mass is 266 g/mol. The predicted molar refractivity (Wildman–Crippen MR) is 79.7 cm³/mol. The van der Waals surface area contributed by atoms with Crippen molar-refractivity contribution in [3.8, 4) is 0 Å². The molecular weight excluding hydrogens is 240 g/mol. The lowest BCUT2D eigenvalue weighted by molar-refractivity contribution is 0.118. The maximum absolute atomic E-state index is 5.53. The maximum Gasteiger partial charge on any atom is 0.133 e. The van der Waals surface area contributed by atoms with E-state index in [-0.39, 0.29) is 0 Å². The quantitative estimate of drug-likeness (QED) is 0.673. The van der Waals surface area contributed by atoms with Crippen molar-refractivity contribution in [2.75, 3.05) is 37.4 Å². The van der Waals surface area contributed by atoms with Gasteiger partial charge in [-0.3, -0.25) is 0 Å². The van der Waals surface area contributed by atoms with Crippen molar-refractivity contribution in [3.63, 3.8) is 0 Å². The van der Waals surface area contributed by atoms with Crippen LogP contribution in [0.2, 0.25) is 0 Å². The molecule has 0 radical (unpaired) electrons. The summed E-state index contributed by atoms with van der Waals surface area (Å²) in [5, 5.41) is 6.34. The second-order valence-electron chi connectivity index (χ2n) is 4.95. The third kappa shape index (κ3) is 6.38. The van der Waals surface area contributed by atoms with Gasteiger partial charge >= 0.3 is 0 Å². The van der Waals surface area contributed by atoms with Crippen molar-refractivity contribution >= 4 is 11.6 Å². The first-order valence-corrected chi connectivity index (χ1v) is 7.03. The molecule has 0 aliphatic rings. The number of nitrogens with one attached hydrogen (secondary N) is 2. The van der Waals surface area contributed by atoms with Gasteiger partial charge in [0.1, 0.15) is 17.5 Å². The molecule has 1 aromatic heterocycles. The highest BCUT2D eigenvalue weighted by atomic mass is 16.5. The summed E-state index contributed by atoms with van der Waals surface area (Å²) in [5.74, 6) is 3.16. The number of ether oxygens (including phenoxy) is 1. The molecule has 0 aliphatic carbocycles. The molecule has 0 saturated heterocycles. The average molecular weight is 266 g/mol. The molecule has 2 N–H and O–H groups in total. The lowest BCUT2D eigenvalue weighted by Crippen LogP contribution is -2.14. The Hall–Kier alpha value is -1.36. The highest BCUT2D eigenvalue weighted by Gasteiger charge is 2.03. The van der Waals surface area contributed by atoms with Gasteiger partial charge < -0.3 is 15.4 Å². The third-order valence-corrected chi connectivity index (χ3v) is 2.51. The van der Waals surface area contributed by atoms with Gasteiger partial charge in [0.2, 0.25) is 0 Å². The maximum atomic E-state index is 5.53. The van der Waals surface area contributed by atoms with Crippen LogP contribution in [0.15, 0.2) is 6.07 Å². The van der Waals surface area contributed by atoms with E-state index in [4.69, 9.17) is 4.74 Å². The summed E-state index contributed by atoms with van der Waals surface area (Å²) in [5.41, 5.74) is 0. The van der Waals surface area contributed by atoms with E-state index in [1.54, 1.807) is 0 Å². The Kier molecular flexibility index (Phi) is 7.18. The van der Waals surface area contributed by atoms with Gasteiger partial charge in [-0.2, -0.15) is 0 Å². The second-order valence-corrected chi connectivity index (χ2v) is 4.95. The third-order valence-electron chi connectivity index (χ3n) is 2.51. The molecule has 0 bridgehead atoms. The molecule has 5 heteroatoms. The summed E-state index contributed by atoms with van der Waals surface area (Å²) in [6.45, 7) is 8.68. The van der Waals surface area contributed by atoms with Crippen LogP contribution >= 0.6 is 0 Å². The highest BCUT2D eigenvalue weighted by molar-refractivity contribution is 5.47. The molecule has 1 aromatic rings. The lowest BCUT2D eigenvalue weighted by atomic mass is 10.2. The first-order valence-electron chi connectivity index (χ1n) is 7.03. The molecule has 0 atom stereocenters. The molecule has 0 aromatic carbocycles. The van der Waals surface area contributed by atoms with Gasteiger partial charge in [0.15, 0.2) is 0 Å². The zero-order valence-electron chi connectivity index (χ0n) is 12.5. The van der Waals surface area contributed by atoms with Crippen molar-refractivity contribution in [1.29, 1.82) is 0 Å². The van der Waals surface area contributed by atoms with Crippen LogP contribution in [0.3, 0.4) is 0 Å². The SMILES string of the molecule is CCCc1nc(NC)cc(NCCOCC(C)C)n1. The fourth-order valence-electron chi connectivity index (χ4n) is 1.62. The largest absolute Gasteiger partial charge is 0.379 e. The van der Waals surface area contributed by atoms with Gasteiger partial charge in [0.05, 0.1) is 6.61 Å². The Bertz CT molecular complexity index is 368. The fourth-order valence-corrected chi connectivity index (χ4v) is 1.62. The van der Waals surface area contributed by atoms with Gasteiger partial charge in [-0.25, -0.2) is 9.97 Å². The molecule has 0 amide bonds. The number of hydrogen-bond donors (Lipinski definition) is 2. The number of rotatable bonds is 9. The van der Waals surface area contributed by atoms with Gasteiger partial charge in [-0.1, -0.05) is 20.8 Å². The normalized spacial score (nSPS) is 10.8. The molecule has 0 aliphatic heterocycles. The van der Waals surface area contributed by atoms with Gasteiger partial charge in [0.25, 0.3) is 0 Å². The zero-order chi connectivity index (χ0) is 14.1. The predicted octanol–water partition coefficient (Wildman–Crippen LogP) is 2.56. The Labute approximate surface area is 116 Å². The van der Waals surface area contributed by atoms with E-state index < -0.39 is 0 Å². The first-order chi connectivity index (χ1) is 9.15. The molecule has 19 heavy (non-hydrogen) atoms. The number of hydrogen-bond acceptors (Lipinski definition) is 5. The minimum absolute atomic E-state index is 0.575. The van der Waals surface area contributed by atoms with E-state index in [1.807, 2.05) is 13.1 Å². The van der Waals surface area contributed by atoms with E-state index in [2.05, 4.69) is 41.4 Å². The van der Waals surface area contributed by atoms with E-state index in [0.29, 0.717) is 12.5 Å². The van der Waals surface area contributed by atoms with Crippen LogP contribution in [0.1, 0.15) is 33.0 Å². The van der Waals surface area contributed by atoms with E-state index in [1.165, 1.54) is 0 Å². The highest BCUT2D eigenvalue weighted by Crippen LogP contribution is 2.11. The van der Waals surface area contributed by atoms with Crippen LogP contribution in [0.25, 0.3) is 0 Å². The van der Waals surface area contributed by atoms with Crippen LogP contribution < -0.4 is 10.6 Å². The minimum atomic E-state index is 0.575. The van der Waals surface area contributed by atoms with Crippen molar-refractivity contribution in [1.82, 2.24) is 9.97 Å². The van der Waals surface area contributed by atoms with Crippen molar-refractivity contribution in [3.05, 3.63) is 11.9 Å². The standard InChI is InChI=1S/C14H26N4O/c1-5-6-12-17-13(15-4)9-14(18-12)16-7-8-19-10-11(2)3/h9,11H,5-8,10H2,1-4H3,(H2,15,16,17,18). The summed E-state index contributed by atoms with van der Waals surface area (Å²) in [6, 6.07) is 1.92. The lowest BCUT2D eigenvalue weighted by Gasteiger charge is -2.10. The molecule has 108 valence electrons. The molecule has 1 heterocycles. The summed E-state index contributed by atoms with van der Waals surface area (Å²) in [4.78, 5) is 8.90. The Morgan fingerprint density at radius 1 is 1.26 bits per heavy atom. The zero-order valence-corrected chi connectivity index (χ0v) is 12.5. The second kappa shape index (κ2) is 8.69. The summed E-state index contributed by atoms with van der Waals surface area (Å²) in [7, 11) is 1.87. The smallest absolute Gasteiger partial charge is 0.133 e. The fraction of sp³-hybridized carbons (Fsp3) is 0.714. The van der Waals surface area contributed by atoms with E-state index >= 15 is 0 Å². The van der Waals surface area contributed by atoms with Gasteiger partial charge in [-0.15, -0.1) is 0 Å². The molecule has 0 fully saturated rings. The van der Waals surface area contributed by atoms with Crippen molar-refractivity contribution in [2.45, 2.75) is 33.6 Å². The molecule has 5 nitrogen and oxygen atoms in total. The number of anilines is 2. The Morgan fingerprint density at radius 3 is 2.63 bits per heavy atom. The van der Waals surface area contributed by atoms with Gasteiger partial charge in [0, 0.05) is 32.7 Å². The van der Waals surface area contributed by atoms with Crippen LogP contribution in [-0.2, 0) is 11.2 Å². The van der Waals surface area contributed by atoms with Crippen molar-refractivity contribution in [2.24, 2.45) is 5.92 Å². The summed E-state index contributed by atoms with van der Waals surface area (Å²) >= 11 is 0. The van der Waals surface area contributed by atoms with Crippen molar-refractivity contribution < 1.29 is 4.74 Å². The van der Waals surface area contributed by atoms with Gasteiger partial charge in [-0.05, 0) is 12.3 Å². The molecular formula is C14H26N4O. The van der Waals surface area contributed by atoms with Crippen LogP contribution in [0.5, 0.6) is 0 Å². The minimum Gasteiger partial charge on any atom is -0.379 e. The topological polar surface area (TPSA) is 59.1 Å².